The van der Waals surface area contributed by atoms with Crippen molar-refractivity contribution in [3.63, 3.8) is 0 Å². The predicted octanol–water partition coefficient (Wildman–Crippen LogP) is 7.31. The first-order valence-corrected chi connectivity index (χ1v) is 12.1. The van der Waals surface area contributed by atoms with Crippen LogP contribution in [0.1, 0.15) is 57.8 Å². The highest BCUT2D eigenvalue weighted by molar-refractivity contribution is 5.87. The molecule has 7 heteroatoms. The van der Waals surface area contributed by atoms with Crippen LogP contribution in [0.4, 0.5) is 8.78 Å². The van der Waals surface area contributed by atoms with E-state index in [1.54, 1.807) is 6.07 Å². The van der Waals surface area contributed by atoms with E-state index in [-0.39, 0.29) is 44.5 Å². The lowest BCUT2D eigenvalue weighted by atomic mass is 10.1. The zero-order chi connectivity index (χ0) is 25.4. The predicted molar refractivity (Wildman–Crippen MR) is 133 cm³/mol. The quantitative estimate of drug-likeness (QED) is 0.144. The smallest absolute Gasteiger partial charge is 0.333 e. The van der Waals surface area contributed by atoms with Crippen LogP contribution in [0.25, 0.3) is 22.3 Å². The van der Waals surface area contributed by atoms with E-state index < -0.39 is 11.9 Å². The summed E-state index contributed by atoms with van der Waals surface area (Å²) >= 11 is 0. The molecule has 35 heavy (non-hydrogen) atoms. The lowest BCUT2D eigenvalue weighted by molar-refractivity contribution is -0.139. The molecule has 0 saturated carbocycles. The van der Waals surface area contributed by atoms with Gasteiger partial charge in [0.15, 0.2) is 0 Å². The second-order valence-corrected chi connectivity index (χ2v) is 8.64. The number of esters is 1. The lowest BCUT2D eigenvalue weighted by Gasteiger charge is -2.16. The van der Waals surface area contributed by atoms with E-state index in [2.05, 4.69) is 20.4 Å². The molecule has 0 bridgehead atoms. The van der Waals surface area contributed by atoms with Crippen molar-refractivity contribution < 1.29 is 27.5 Å². The number of benzene rings is 1. The summed E-state index contributed by atoms with van der Waals surface area (Å²) in [5.74, 6) is -2.07. The molecule has 2 aromatic heterocycles. The number of furan rings is 1. The molecule has 0 saturated heterocycles. The van der Waals surface area contributed by atoms with Crippen molar-refractivity contribution in [2.75, 3.05) is 13.2 Å². The van der Waals surface area contributed by atoms with Crippen LogP contribution < -0.4 is 4.74 Å². The molecule has 0 fully saturated rings. The van der Waals surface area contributed by atoms with Crippen molar-refractivity contribution >= 4 is 16.9 Å². The van der Waals surface area contributed by atoms with Crippen molar-refractivity contribution in [3.05, 3.63) is 59.9 Å². The summed E-state index contributed by atoms with van der Waals surface area (Å²) in [5, 5.41) is 0.938. The van der Waals surface area contributed by atoms with Gasteiger partial charge in [-0.1, -0.05) is 20.4 Å². The number of hydrogen-bond donors (Lipinski definition) is 0. The molecule has 188 valence electrons. The molecule has 0 aliphatic rings. The molecule has 3 rings (SSSR count). The zero-order valence-electron chi connectivity index (χ0n) is 20.7. The SMILES string of the molecule is C=C(C)C(=O)OCCCC(F)(F)CCCOc1ccc2cc(-c3ccc(CC)nc3CC)oc2c1. The van der Waals surface area contributed by atoms with E-state index in [9.17, 15) is 13.6 Å². The number of carbonyl (C=O) groups is 1. The first kappa shape index (κ1) is 26.4. The third kappa shape index (κ3) is 7.38. The van der Waals surface area contributed by atoms with Crippen molar-refractivity contribution in [2.24, 2.45) is 0 Å². The fourth-order valence-corrected chi connectivity index (χ4v) is 3.74. The van der Waals surface area contributed by atoms with Gasteiger partial charge in [-0.05, 0) is 62.9 Å². The number of ether oxygens (including phenoxy) is 2. The van der Waals surface area contributed by atoms with E-state index in [1.807, 2.05) is 30.3 Å². The molecule has 0 aliphatic heterocycles. The van der Waals surface area contributed by atoms with E-state index in [1.165, 1.54) is 6.92 Å². The minimum atomic E-state index is -2.84. The van der Waals surface area contributed by atoms with E-state index in [0.29, 0.717) is 11.3 Å². The molecule has 1 aromatic carbocycles. The molecule has 0 amide bonds. The summed E-state index contributed by atoms with van der Waals surface area (Å²) < 4.78 is 44.8. The molecule has 3 aromatic rings. The van der Waals surface area contributed by atoms with Gasteiger partial charge in [0.05, 0.1) is 18.9 Å². The van der Waals surface area contributed by atoms with Crippen LogP contribution in [0.15, 0.2) is 53.0 Å². The first-order chi connectivity index (χ1) is 16.7. The maximum absolute atomic E-state index is 14.1. The largest absolute Gasteiger partial charge is 0.493 e. The second kappa shape index (κ2) is 12.0. The Morgan fingerprint density at radius 2 is 1.80 bits per heavy atom. The molecule has 2 heterocycles. The molecule has 0 radical (unpaired) electrons. The minimum Gasteiger partial charge on any atom is -0.493 e. The van der Waals surface area contributed by atoms with Crippen LogP contribution in [0.2, 0.25) is 0 Å². The average molecular weight is 486 g/mol. The third-order valence-corrected chi connectivity index (χ3v) is 5.71. The van der Waals surface area contributed by atoms with Gasteiger partial charge in [0, 0.05) is 41.1 Å². The number of hydrogen-bond acceptors (Lipinski definition) is 5. The Labute approximate surface area is 205 Å². The number of aryl methyl sites for hydroxylation is 2. The van der Waals surface area contributed by atoms with E-state index in [0.717, 1.165) is 40.9 Å². The minimum absolute atomic E-state index is 0.0402. The summed E-state index contributed by atoms with van der Waals surface area (Å²) in [5.41, 5.74) is 3.95. The number of pyridine rings is 1. The highest BCUT2D eigenvalue weighted by Gasteiger charge is 2.27. The Morgan fingerprint density at radius 3 is 2.49 bits per heavy atom. The molecule has 0 unspecified atom stereocenters. The van der Waals surface area contributed by atoms with Gasteiger partial charge >= 0.3 is 5.97 Å². The Balaban J connectivity index is 1.52. The van der Waals surface area contributed by atoms with E-state index in [4.69, 9.17) is 18.9 Å². The summed E-state index contributed by atoms with van der Waals surface area (Å²) in [6, 6.07) is 11.5. The maximum Gasteiger partial charge on any atom is 0.333 e. The van der Waals surface area contributed by atoms with Crippen molar-refractivity contribution in [2.45, 2.75) is 65.2 Å². The molecular formula is C28H33F2NO4. The monoisotopic (exact) mass is 485 g/mol. The average Bonchev–Trinajstić information content (AvgIpc) is 3.27. The first-order valence-electron chi connectivity index (χ1n) is 12.1. The molecule has 0 atom stereocenters. The second-order valence-electron chi connectivity index (χ2n) is 8.64. The number of nitrogens with zero attached hydrogens (tertiary/aromatic N) is 1. The van der Waals surface area contributed by atoms with Gasteiger partial charge in [0.1, 0.15) is 17.1 Å². The Hall–Kier alpha value is -3.22. The standard InChI is InChI=1S/C28H33F2NO4/c1-5-21-10-12-23(24(6-2)31-21)26-17-20-9-11-22(18-25(20)35-26)33-15-7-13-28(29,30)14-8-16-34-27(32)19(3)4/h9-12,17-18H,3,5-8,13-16H2,1-2,4H3. The molecular weight excluding hydrogens is 452 g/mol. The van der Waals surface area contributed by atoms with Crippen LogP contribution in [-0.4, -0.2) is 30.1 Å². The summed E-state index contributed by atoms with van der Waals surface area (Å²) in [6.07, 6.45) is 1.35. The Bertz CT molecular complexity index is 1170. The van der Waals surface area contributed by atoms with E-state index >= 15 is 0 Å². The summed E-state index contributed by atoms with van der Waals surface area (Å²) in [4.78, 5) is 16.0. The maximum atomic E-state index is 14.1. The fraction of sp³-hybridized carbons (Fsp3) is 0.429. The van der Waals surface area contributed by atoms with Gasteiger partial charge in [-0.2, -0.15) is 0 Å². The summed E-state index contributed by atoms with van der Waals surface area (Å²) in [7, 11) is 0. The molecule has 5 nitrogen and oxygen atoms in total. The van der Waals surface area contributed by atoms with Crippen LogP contribution >= 0.6 is 0 Å². The highest BCUT2D eigenvalue weighted by atomic mass is 19.3. The number of aromatic nitrogens is 1. The number of halogens is 2. The van der Waals surface area contributed by atoms with Crippen LogP contribution in [0.3, 0.4) is 0 Å². The van der Waals surface area contributed by atoms with Gasteiger partial charge in [-0.3, -0.25) is 4.98 Å². The van der Waals surface area contributed by atoms with Gasteiger partial charge in [-0.25, -0.2) is 13.6 Å². The topological polar surface area (TPSA) is 61.6 Å². The third-order valence-electron chi connectivity index (χ3n) is 5.71. The highest BCUT2D eigenvalue weighted by Crippen LogP contribution is 2.32. The van der Waals surface area contributed by atoms with Crippen molar-refractivity contribution in [3.8, 4) is 17.1 Å². The van der Waals surface area contributed by atoms with Crippen molar-refractivity contribution in [1.82, 2.24) is 4.98 Å². The van der Waals surface area contributed by atoms with Crippen LogP contribution in [-0.2, 0) is 22.4 Å². The molecule has 0 aliphatic carbocycles. The van der Waals surface area contributed by atoms with Crippen molar-refractivity contribution in [1.29, 1.82) is 0 Å². The van der Waals surface area contributed by atoms with Crippen LogP contribution in [0, 0.1) is 0 Å². The lowest BCUT2D eigenvalue weighted by Crippen LogP contribution is -2.18. The number of fused-ring (bicyclic) bond motifs is 1. The summed E-state index contributed by atoms with van der Waals surface area (Å²) in [6.45, 7) is 9.25. The molecule has 0 N–H and O–H groups in total. The number of carbonyl (C=O) groups excluding carboxylic acids is 1. The zero-order valence-corrected chi connectivity index (χ0v) is 20.7. The fourth-order valence-electron chi connectivity index (χ4n) is 3.74. The van der Waals surface area contributed by atoms with Crippen LogP contribution in [0.5, 0.6) is 5.75 Å². The number of alkyl halides is 2. The molecule has 0 spiro atoms. The number of rotatable bonds is 13. The van der Waals surface area contributed by atoms with Gasteiger partial charge in [0.25, 0.3) is 0 Å². The Morgan fingerprint density at radius 1 is 1.06 bits per heavy atom. The van der Waals surface area contributed by atoms with Gasteiger partial charge in [-0.15, -0.1) is 0 Å². The Kier molecular flexibility index (Phi) is 9.01. The van der Waals surface area contributed by atoms with Gasteiger partial charge in [0.2, 0.25) is 5.92 Å². The van der Waals surface area contributed by atoms with Gasteiger partial charge < -0.3 is 13.9 Å². The normalized spacial score (nSPS) is 11.6.